The van der Waals surface area contributed by atoms with Crippen LogP contribution in [0.4, 0.5) is 0 Å². The van der Waals surface area contributed by atoms with Gasteiger partial charge in [-0.15, -0.1) is 0 Å². The molecule has 5 nitrogen and oxygen atoms in total. The van der Waals surface area contributed by atoms with Gasteiger partial charge < -0.3 is 5.32 Å². The van der Waals surface area contributed by atoms with E-state index in [9.17, 15) is 14.4 Å². The van der Waals surface area contributed by atoms with E-state index in [4.69, 9.17) is 0 Å². The first-order valence-electron chi connectivity index (χ1n) is 8.32. The van der Waals surface area contributed by atoms with Gasteiger partial charge in [0.15, 0.2) is 0 Å². The Morgan fingerprint density at radius 3 is 2.08 bits per heavy atom. The van der Waals surface area contributed by atoms with Crippen molar-refractivity contribution in [1.29, 1.82) is 0 Å². The van der Waals surface area contributed by atoms with Gasteiger partial charge in [0.2, 0.25) is 5.91 Å². The minimum absolute atomic E-state index is 0.150. The van der Waals surface area contributed by atoms with Gasteiger partial charge in [0.1, 0.15) is 6.54 Å². The number of nitrogens with zero attached hydrogens (tertiary/aromatic N) is 1. The molecule has 0 saturated heterocycles. The second-order valence-electron chi connectivity index (χ2n) is 6.18. The molecule has 1 aliphatic rings. The number of carbonyl (C=O) groups excluding carboxylic acids is 3. The molecule has 1 atom stereocenters. The van der Waals surface area contributed by atoms with Crippen molar-refractivity contribution < 1.29 is 14.4 Å². The zero-order chi connectivity index (χ0) is 18.0. The van der Waals surface area contributed by atoms with Crippen molar-refractivity contribution in [2.24, 2.45) is 0 Å². The summed E-state index contributed by atoms with van der Waals surface area (Å²) in [5.41, 5.74) is 2.86. The number of aryl methyl sites for hydroxylation is 1. The highest BCUT2D eigenvalue weighted by Gasteiger charge is 2.36. The van der Waals surface area contributed by atoms with E-state index < -0.39 is 11.8 Å². The first-order chi connectivity index (χ1) is 12.0. The maximum atomic E-state index is 12.4. The fraction of sp³-hybridized carbons (Fsp3) is 0.250. The second kappa shape index (κ2) is 6.89. The number of imide groups is 1. The fourth-order valence-corrected chi connectivity index (χ4v) is 2.99. The summed E-state index contributed by atoms with van der Waals surface area (Å²) in [7, 11) is 0. The summed E-state index contributed by atoms with van der Waals surface area (Å²) in [5.74, 6) is -1.18. The van der Waals surface area contributed by atoms with Crippen LogP contribution in [-0.4, -0.2) is 29.2 Å². The lowest BCUT2D eigenvalue weighted by Crippen LogP contribution is -2.41. The van der Waals surface area contributed by atoms with E-state index in [1.54, 1.807) is 24.3 Å². The Morgan fingerprint density at radius 1 is 1.00 bits per heavy atom. The molecule has 1 aliphatic heterocycles. The van der Waals surface area contributed by atoms with Crippen molar-refractivity contribution >= 4 is 17.7 Å². The van der Waals surface area contributed by atoms with E-state index in [0.717, 1.165) is 22.4 Å². The van der Waals surface area contributed by atoms with Crippen LogP contribution >= 0.6 is 0 Å². The average molecular weight is 336 g/mol. The summed E-state index contributed by atoms with van der Waals surface area (Å²) >= 11 is 0. The van der Waals surface area contributed by atoms with Crippen LogP contribution in [-0.2, 0) is 4.79 Å². The van der Waals surface area contributed by atoms with Gasteiger partial charge in [-0.25, -0.2) is 0 Å². The third-order valence-corrected chi connectivity index (χ3v) is 4.40. The first-order valence-corrected chi connectivity index (χ1v) is 8.32. The van der Waals surface area contributed by atoms with Gasteiger partial charge in [-0.2, -0.15) is 0 Å². The Labute approximate surface area is 146 Å². The zero-order valence-corrected chi connectivity index (χ0v) is 14.3. The highest BCUT2D eigenvalue weighted by Crippen LogP contribution is 2.22. The quantitative estimate of drug-likeness (QED) is 0.854. The molecular weight excluding hydrogens is 316 g/mol. The molecule has 5 heteroatoms. The summed E-state index contributed by atoms with van der Waals surface area (Å²) in [6.45, 7) is 3.72. The van der Waals surface area contributed by atoms with E-state index in [1.165, 1.54) is 0 Å². The summed E-state index contributed by atoms with van der Waals surface area (Å²) in [4.78, 5) is 38.1. The van der Waals surface area contributed by atoms with Gasteiger partial charge in [-0.05, 0) is 31.0 Å². The number of hydrogen-bond acceptors (Lipinski definition) is 3. The van der Waals surface area contributed by atoms with Crippen LogP contribution in [0.1, 0.15) is 51.2 Å². The van der Waals surface area contributed by atoms with Gasteiger partial charge in [0, 0.05) is 0 Å². The lowest BCUT2D eigenvalue weighted by molar-refractivity contribution is -0.122. The summed E-state index contributed by atoms with van der Waals surface area (Å²) in [6.07, 6.45) is 0.719. The van der Waals surface area contributed by atoms with E-state index in [1.807, 2.05) is 38.1 Å². The van der Waals surface area contributed by atoms with Crippen LogP contribution in [0.2, 0.25) is 0 Å². The van der Waals surface area contributed by atoms with Crippen molar-refractivity contribution in [1.82, 2.24) is 10.2 Å². The molecule has 25 heavy (non-hydrogen) atoms. The van der Waals surface area contributed by atoms with Gasteiger partial charge in [0.25, 0.3) is 11.8 Å². The Morgan fingerprint density at radius 2 is 1.56 bits per heavy atom. The van der Waals surface area contributed by atoms with E-state index in [2.05, 4.69) is 5.32 Å². The van der Waals surface area contributed by atoms with Crippen LogP contribution in [0, 0.1) is 6.92 Å². The molecule has 2 aromatic carbocycles. The number of amides is 3. The Bertz CT molecular complexity index is 792. The molecule has 0 bridgehead atoms. The molecule has 0 fully saturated rings. The van der Waals surface area contributed by atoms with E-state index in [0.29, 0.717) is 11.1 Å². The SMILES string of the molecule is CC[C@@H](NC(=O)CN1C(=O)c2ccccc2C1=O)c1ccc(C)cc1. The molecule has 0 unspecified atom stereocenters. The van der Waals surface area contributed by atoms with Crippen LogP contribution in [0.3, 0.4) is 0 Å². The van der Waals surface area contributed by atoms with E-state index >= 15 is 0 Å². The predicted molar refractivity (Wildman–Crippen MR) is 94.2 cm³/mol. The predicted octanol–water partition coefficient (Wildman–Crippen LogP) is 2.86. The van der Waals surface area contributed by atoms with Crippen molar-refractivity contribution in [3.63, 3.8) is 0 Å². The minimum atomic E-state index is -0.417. The summed E-state index contributed by atoms with van der Waals surface area (Å²) in [5, 5.41) is 2.91. The molecule has 1 N–H and O–H groups in total. The fourth-order valence-electron chi connectivity index (χ4n) is 2.99. The second-order valence-corrected chi connectivity index (χ2v) is 6.18. The Kier molecular flexibility index (Phi) is 4.65. The molecule has 0 aliphatic carbocycles. The van der Waals surface area contributed by atoms with Crippen LogP contribution in [0.5, 0.6) is 0 Å². The summed E-state index contributed by atoms with van der Waals surface area (Å²) < 4.78 is 0. The number of fused-ring (bicyclic) bond motifs is 1. The lowest BCUT2D eigenvalue weighted by Gasteiger charge is -2.20. The Balaban J connectivity index is 1.69. The molecule has 2 aromatic rings. The molecule has 0 aromatic heterocycles. The van der Waals surface area contributed by atoms with Crippen molar-refractivity contribution in [3.8, 4) is 0 Å². The summed E-state index contributed by atoms with van der Waals surface area (Å²) in [6, 6.07) is 14.4. The van der Waals surface area contributed by atoms with Gasteiger partial charge in [-0.1, -0.05) is 48.9 Å². The smallest absolute Gasteiger partial charge is 0.262 e. The van der Waals surface area contributed by atoms with Crippen molar-refractivity contribution in [3.05, 3.63) is 70.8 Å². The third-order valence-electron chi connectivity index (χ3n) is 4.40. The highest BCUT2D eigenvalue weighted by atomic mass is 16.2. The van der Waals surface area contributed by atoms with Crippen LogP contribution < -0.4 is 5.32 Å². The zero-order valence-electron chi connectivity index (χ0n) is 14.3. The number of rotatable bonds is 5. The molecule has 1 heterocycles. The maximum Gasteiger partial charge on any atom is 0.262 e. The van der Waals surface area contributed by atoms with Gasteiger partial charge in [-0.3, -0.25) is 19.3 Å². The standard InChI is InChI=1S/C20H20N2O3/c1-3-17(14-10-8-13(2)9-11-14)21-18(23)12-22-19(24)15-6-4-5-7-16(15)20(22)25/h4-11,17H,3,12H2,1-2H3,(H,21,23)/t17-/m1/s1. The number of carbonyl (C=O) groups is 3. The third kappa shape index (κ3) is 3.31. The molecule has 0 radical (unpaired) electrons. The minimum Gasteiger partial charge on any atom is -0.348 e. The topological polar surface area (TPSA) is 66.5 Å². The average Bonchev–Trinajstić information content (AvgIpc) is 2.86. The van der Waals surface area contributed by atoms with Gasteiger partial charge in [0.05, 0.1) is 17.2 Å². The van der Waals surface area contributed by atoms with Gasteiger partial charge >= 0.3 is 0 Å². The molecule has 3 rings (SSSR count). The van der Waals surface area contributed by atoms with Crippen LogP contribution in [0.15, 0.2) is 48.5 Å². The number of nitrogens with one attached hydrogen (secondary N) is 1. The van der Waals surface area contributed by atoms with E-state index in [-0.39, 0.29) is 18.5 Å². The molecule has 128 valence electrons. The number of hydrogen-bond donors (Lipinski definition) is 1. The normalized spacial score (nSPS) is 14.4. The largest absolute Gasteiger partial charge is 0.348 e. The lowest BCUT2D eigenvalue weighted by atomic mass is 10.0. The first kappa shape index (κ1) is 16.9. The molecular formula is C20H20N2O3. The Hall–Kier alpha value is -2.95. The van der Waals surface area contributed by atoms with Crippen molar-refractivity contribution in [2.75, 3.05) is 6.54 Å². The molecule has 3 amide bonds. The highest BCUT2D eigenvalue weighted by molar-refractivity contribution is 6.22. The maximum absolute atomic E-state index is 12.4. The van der Waals surface area contributed by atoms with Crippen molar-refractivity contribution in [2.45, 2.75) is 26.3 Å². The number of benzene rings is 2. The monoisotopic (exact) mass is 336 g/mol. The molecule has 0 spiro atoms. The molecule has 0 saturated carbocycles. The van der Waals surface area contributed by atoms with Crippen LogP contribution in [0.25, 0.3) is 0 Å².